The van der Waals surface area contributed by atoms with Gasteiger partial charge in [-0.3, -0.25) is 4.68 Å². The maximum Gasteiger partial charge on any atom is 0.0847 e. The van der Waals surface area contributed by atoms with Crippen molar-refractivity contribution in [3.05, 3.63) is 16.4 Å². The van der Waals surface area contributed by atoms with Crippen LogP contribution in [0.2, 0.25) is 5.02 Å². The van der Waals surface area contributed by atoms with Crippen molar-refractivity contribution in [3.8, 4) is 0 Å². The van der Waals surface area contributed by atoms with Crippen molar-refractivity contribution < 1.29 is 0 Å². The molecule has 0 saturated carbocycles. The van der Waals surface area contributed by atoms with E-state index < -0.39 is 0 Å². The summed E-state index contributed by atoms with van der Waals surface area (Å²) in [6.07, 6.45) is 4.91. The normalized spacial score (nSPS) is 21.5. The van der Waals surface area contributed by atoms with Gasteiger partial charge in [-0.25, -0.2) is 0 Å². The Labute approximate surface area is 109 Å². The Kier molecular flexibility index (Phi) is 4.46. The van der Waals surface area contributed by atoms with Gasteiger partial charge >= 0.3 is 0 Å². The minimum absolute atomic E-state index is 0.754. The average Bonchev–Trinajstić information content (AvgIpc) is 2.54. The van der Waals surface area contributed by atoms with E-state index in [0.717, 1.165) is 42.7 Å². The molecule has 0 radical (unpaired) electrons. The first-order chi connectivity index (χ1) is 8.22. The van der Waals surface area contributed by atoms with Gasteiger partial charge in [-0.2, -0.15) is 5.10 Å². The van der Waals surface area contributed by atoms with Gasteiger partial charge in [0.05, 0.1) is 16.4 Å². The average molecular weight is 256 g/mol. The largest absolute Gasteiger partial charge is 0.317 e. The number of halogens is 1. The number of nitrogens with zero attached hydrogens (tertiary/aromatic N) is 2. The first kappa shape index (κ1) is 12.9. The smallest absolute Gasteiger partial charge is 0.0847 e. The molecule has 2 rings (SSSR count). The highest BCUT2D eigenvalue weighted by Crippen LogP contribution is 2.26. The summed E-state index contributed by atoms with van der Waals surface area (Å²) in [5, 5.41) is 8.82. The Morgan fingerprint density at radius 2 is 2.24 bits per heavy atom. The van der Waals surface area contributed by atoms with Crippen LogP contribution in [0.25, 0.3) is 0 Å². The number of nitrogens with one attached hydrogen (secondary N) is 1. The van der Waals surface area contributed by atoms with Gasteiger partial charge in [0.2, 0.25) is 0 Å². The molecule has 1 fully saturated rings. The van der Waals surface area contributed by atoms with E-state index in [1.54, 1.807) is 0 Å². The highest BCUT2D eigenvalue weighted by molar-refractivity contribution is 6.31. The Bertz CT molecular complexity index is 365. The van der Waals surface area contributed by atoms with Crippen molar-refractivity contribution in [1.29, 1.82) is 0 Å². The zero-order valence-corrected chi connectivity index (χ0v) is 11.6. The van der Waals surface area contributed by atoms with Crippen molar-refractivity contribution in [2.75, 3.05) is 13.1 Å². The van der Waals surface area contributed by atoms with E-state index in [4.69, 9.17) is 11.6 Å². The number of hydrogen-bond acceptors (Lipinski definition) is 2. The zero-order chi connectivity index (χ0) is 12.3. The van der Waals surface area contributed by atoms with Crippen LogP contribution in [0, 0.1) is 12.8 Å². The highest BCUT2D eigenvalue weighted by atomic mass is 35.5. The molecule has 2 heterocycles. The van der Waals surface area contributed by atoms with Gasteiger partial charge in [0.15, 0.2) is 0 Å². The molecule has 0 aliphatic carbocycles. The monoisotopic (exact) mass is 255 g/mol. The van der Waals surface area contributed by atoms with Crippen LogP contribution in [0.5, 0.6) is 0 Å². The summed E-state index contributed by atoms with van der Waals surface area (Å²) >= 11 is 6.35. The van der Waals surface area contributed by atoms with Gasteiger partial charge in [-0.05, 0) is 58.5 Å². The van der Waals surface area contributed by atoms with Gasteiger partial charge in [0, 0.05) is 6.54 Å². The second-order valence-electron chi connectivity index (χ2n) is 4.91. The summed E-state index contributed by atoms with van der Waals surface area (Å²) < 4.78 is 2.07. The van der Waals surface area contributed by atoms with Gasteiger partial charge in [-0.15, -0.1) is 0 Å². The van der Waals surface area contributed by atoms with Crippen molar-refractivity contribution in [1.82, 2.24) is 15.1 Å². The molecule has 4 heteroatoms. The molecular weight excluding hydrogens is 234 g/mol. The van der Waals surface area contributed by atoms with Crippen LogP contribution in [-0.4, -0.2) is 22.9 Å². The van der Waals surface area contributed by atoms with E-state index in [0.29, 0.717) is 0 Å². The van der Waals surface area contributed by atoms with Crippen LogP contribution in [-0.2, 0) is 13.0 Å². The third-order valence-electron chi connectivity index (χ3n) is 3.63. The molecule has 96 valence electrons. The molecule has 0 amide bonds. The van der Waals surface area contributed by atoms with Crippen LogP contribution < -0.4 is 5.32 Å². The van der Waals surface area contributed by atoms with E-state index in [9.17, 15) is 0 Å². The lowest BCUT2D eigenvalue weighted by Crippen LogP contribution is -2.15. The molecule has 1 N–H and O–H groups in total. The van der Waals surface area contributed by atoms with Crippen LogP contribution in [0.3, 0.4) is 0 Å². The number of hydrogen-bond donors (Lipinski definition) is 1. The SMILES string of the molecule is CCn1nc(C)c(Cl)c1CC1CCCNCC1. The molecule has 1 atom stereocenters. The summed E-state index contributed by atoms with van der Waals surface area (Å²) in [5.41, 5.74) is 2.20. The summed E-state index contributed by atoms with van der Waals surface area (Å²) in [4.78, 5) is 0. The second-order valence-corrected chi connectivity index (χ2v) is 5.29. The lowest BCUT2D eigenvalue weighted by Gasteiger charge is -2.14. The summed E-state index contributed by atoms with van der Waals surface area (Å²) in [7, 11) is 0. The van der Waals surface area contributed by atoms with E-state index in [2.05, 4.69) is 22.0 Å². The van der Waals surface area contributed by atoms with Crippen molar-refractivity contribution in [2.45, 2.75) is 46.1 Å². The molecule has 1 unspecified atom stereocenters. The highest BCUT2D eigenvalue weighted by Gasteiger charge is 2.18. The van der Waals surface area contributed by atoms with Gasteiger partial charge < -0.3 is 5.32 Å². The van der Waals surface area contributed by atoms with Crippen LogP contribution in [0.15, 0.2) is 0 Å². The molecule has 0 spiro atoms. The molecular formula is C13H22ClN3. The molecule has 1 aromatic rings. The minimum atomic E-state index is 0.754. The predicted octanol–water partition coefficient (Wildman–Crippen LogP) is 2.80. The lowest BCUT2D eigenvalue weighted by molar-refractivity contribution is 0.449. The summed E-state index contributed by atoms with van der Waals surface area (Å²) in [6.45, 7) is 7.33. The fourth-order valence-electron chi connectivity index (χ4n) is 2.63. The predicted molar refractivity (Wildman–Crippen MR) is 71.6 cm³/mol. The van der Waals surface area contributed by atoms with E-state index in [-0.39, 0.29) is 0 Å². The van der Waals surface area contributed by atoms with Crippen LogP contribution >= 0.6 is 11.6 Å². The maximum atomic E-state index is 6.35. The van der Waals surface area contributed by atoms with Gasteiger partial charge in [0.1, 0.15) is 0 Å². The van der Waals surface area contributed by atoms with Gasteiger partial charge in [-0.1, -0.05) is 11.6 Å². The Balaban J connectivity index is 2.11. The molecule has 0 aromatic carbocycles. The van der Waals surface area contributed by atoms with E-state index in [1.165, 1.54) is 25.0 Å². The quantitative estimate of drug-likeness (QED) is 0.900. The summed E-state index contributed by atoms with van der Waals surface area (Å²) in [6, 6.07) is 0. The second kappa shape index (κ2) is 5.87. The Hall–Kier alpha value is -0.540. The molecule has 0 bridgehead atoms. The fraction of sp³-hybridized carbons (Fsp3) is 0.769. The van der Waals surface area contributed by atoms with Crippen molar-refractivity contribution in [3.63, 3.8) is 0 Å². The third-order valence-corrected chi connectivity index (χ3v) is 4.12. The zero-order valence-electron chi connectivity index (χ0n) is 10.8. The number of aryl methyl sites for hydroxylation is 2. The molecule has 3 nitrogen and oxygen atoms in total. The summed E-state index contributed by atoms with van der Waals surface area (Å²) in [5.74, 6) is 0.754. The molecule has 1 saturated heterocycles. The topological polar surface area (TPSA) is 29.9 Å². The van der Waals surface area contributed by atoms with Gasteiger partial charge in [0.25, 0.3) is 0 Å². The number of aromatic nitrogens is 2. The first-order valence-electron chi connectivity index (χ1n) is 6.64. The van der Waals surface area contributed by atoms with E-state index in [1.807, 2.05) is 6.92 Å². The van der Waals surface area contributed by atoms with Crippen LogP contribution in [0.1, 0.15) is 37.6 Å². The molecule has 1 aromatic heterocycles. The molecule has 1 aliphatic rings. The Morgan fingerprint density at radius 1 is 1.41 bits per heavy atom. The third kappa shape index (κ3) is 3.02. The van der Waals surface area contributed by atoms with Crippen molar-refractivity contribution >= 4 is 11.6 Å². The van der Waals surface area contributed by atoms with E-state index >= 15 is 0 Å². The number of rotatable bonds is 3. The molecule has 1 aliphatic heterocycles. The lowest BCUT2D eigenvalue weighted by atomic mass is 9.95. The molecule has 17 heavy (non-hydrogen) atoms. The Morgan fingerprint density at radius 3 is 3.00 bits per heavy atom. The van der Waals surface area contributed by atoms with Crippen molar-refractivity contribution in [2.24, 2.45) is 5.92 Å². The maximum absolute atomic E-state index is 6.35. The minimum Gasteiger partial charge on any atom is -0.317 e. The fourth-order valence-corrected chi connectivity index (χ4v) is 2.85. The standard InChI is InChI=1S/C13H22ClN3/c1-3-17-12(13(14)10(2)16-17)9-11-5-4-7-15-8-6-11/h11,15H,3-9H2,1-2H3. The van der Waals surface area contributed by atoms with Crippen LogP contribution in [0.4, 0.5) is 0 Å². The first-order valence-corrected chi connectivity index (χ1v) is 7.02.